The predicted octanol–water partition coefficient (Wildman–Crippen LogP) is 2.27. The number of nitro groups is 1. The van der Waals surface area contributed by atoms with Gasteiger partial charge in [-0.05, 0) is 30.5 Å². The van der Waals surface area contributed by atoms with Crippen molar-refractivity contribution in [3.05, 3.63) is 45.8 Å². The van der Waals surface area contributed by atoms with Crippen molar-refractivity contribution in [3.63, 3.8) is 0 Å². The minimum absolute atomic E-state index is 0.131. The molecule has 1 aromatic rings. The van der Waals surface area contributed by atoms with E-state index in [1.54, 1.807) is 0 Å². The zero-order valence-corrected chi connectivity index (χ0v) is 12.5. The molecule has 1 amide bonds. The van der Waals surface area contributed by atoms with Gasteiger partial charge in [-0.25, -0.2) is 4.39 Å². The maximum Gasteiger partial charge on any atom is 0.279 e. The van der Waals surface area contributed by atoms with Crippen LogP contribution in [0.25, 0.3) is 6.08 Å². The van der Waals surface area contributed by atoms with Gasteiger partial charge in [-0.15, -0.1) is 0 Å². The molecular weight excluding hydrogens is 291 g/mol. The second-order valence-electron chi connectivity index (χ2n) is 5.31. The van der Waals surface area contributed by atoms with Crippen LogP contribution in [0.2, 0.25) is 0 Å². The number of amides is 1. The lowest BCUT2D eigenvalue weighted by atomic mass is 10.0. The zero-order valence-electron chi connectivity index (χ0n) is 12.5. The normalized spacial score (nSPS) is 12.6. The Morgan fingerprint density at radius 2 is 2.18 bits per heavy atom. The third kappa shape index (κ3) is 5.61. The lowest BCUT2D eigenvalue weighted by molar-refractivity contribution is -0.385. The molecule has 0 saturated carbocycles. The fourth-order valence-electron chi connectivity index (χ4n) is 1.98. The smallest absolute Gasteiger partial charge is 0.279 e. The van der Waals surface area contributed by atoms with Crippen LogP contribution in [0, 0.1) is 21.8 Å². The summed E-state index contributed by atoms with van der Waals surface area (Å²) >= 11 is 0. The maximum atomic E-state index is 13.0. The summed E-state index contributed by atoms with van der Waals surface area (Å²) in [6.07, 6.45) is 2.99. The average molecular weight is 310 g/mol. The first kappa shape index (κ1) is 17.8. The predicted molar refractivity (Wildman–Crippen MR) is 80.6 cm³/mol. The van der Waals surface area contributed by atoms with Crippen LogP contribution in [-0.2, 0) is 4.79 Å². The van der Waals surface area contributed by atoms with Gasteiger partial charge in [0.1, 0.15) is 5.82 Å². The number of rotatable bonds is 7. The molecule has 0 aliphatic carbocycles. The van der Waals surface area contributed by atoms with E-state index >= 15 is 0 Å². The molecule has 0 fully saturated rings. The van der Waals surface area contributed by atoms with Crippen LogP contribution in [0.5, 0.6) is 0 Å². The number of benzene rings is 1. The van der Waals surface area contributed by atoms with Crippen molar-refractivity contribution < 1.29 is 19.2 Å². The summed E-state index contributed by atoms with van der Waals surface area (Å²) in [5.74, 6) is -0.886. The molecule has 22 heavy (non-hydrogen) atoms. The Bertz CT molecular complexity index is 573. The van der Waals surface area contributed by atoms with Crippen molar-refractivity contribution in [2.24, 2.45) is 5.92 Å². The molecule has 6 nitrogen and oxygen atoms in total. The van der Waals surface area contributed by atoms with E-state index in [9.17, 15) is 24.4 Å². The average Bonchev–Trinajstić information content (AvgIpc) is 2.44. The monoisotopic (exact) mass is 310 g/mol. The number of aliphatic hydroxyl groups is 1. The van der Waals surface area contributed by atoms with Crippen molar-refractivity contribution in [3.8, 4) is 0 Å². The summed E-state index contributed by atoms with van der Waals surface area (Å²) in [4.78, 5) is 21.9. The number of hydrogen-bond acceptors (Lipinski definition) is 4. The zero-order chi connectivity index (χ0) is 16.7. The molecule has 0 aromatic heterocycles. The van der Waals surface area contributed by atoms with Crippen LogP contribution in [0.15, 0.2) is 24.3 Å². The van der Waals surface area contributed by atoms with Gasteiger partial charge in [0.15, 0.2) is 0 Å². The number of aliphatic hydroxyl groups excluding tert-OH is 1. The van der Waals surface area contributed by atoms with Gasteiger partial charge >= 0.3 is 0 Å². The molecule has 0 spiro atoms. The topological polar surface area (TPSA) is 92.5 Å². The van der Waals surface area contributed by atoms with Crippen molar-refractivity contribution in [2.45, 2.75) is 26.3 Å². The lowest BCUT2D eigenvalue weighted by Crippen LogP contribution is -2.37. The second-order valence-corrected chi connectivity index (χ2v) is 5.31. The van der Waals surface area contributed by atoms with E-state index in [1.165, 1.54) is 12.1 Å². The highest BCUT2D eigenvalue weighted by molar-refractivity contribution is 5.92. The summed E-state index contributed by atoms with van der Waals surface area (Å²) in [7, 11) is 0. The number of halogens is 1. The van der Waals surface area contributed by atoms with E-state index in [0.29, 0.717) is 12.3 Å². The number of hydrogen-bond donors (Lipinski definition) is 2. The first-order chi connectivity index (χ1) is 10.3. The van der Waals surface area contributed by atoms with Crippen LogP contribution in [0.4, 0.5) is 10.1 Å². The van der Waals surface area contributed by atoms with Gasteiger partial charge in [0.2, 0.25) is 5.91 Å². The first-order valence-corrected chi connectivity index (χ1v) is 6.86. The van der Waals surface area contributed by atoms with Gasteiger partial charge in [-0.3, -0.25) is 14.9 Å². The summed E-state index contributed by atoms with van der Waals surface area (Å²) < 4.78 is 13.0. The molecule has 1 aromatic carbocycles. The number of nitro benzene ring substituents is 1. The van der Waals surface area contributed by atoms with Crippen LogP contribution < -0.4 is 5.32 Å². The molecule has 1 atom stereocenters. The van der Waals surface area contributed by atoms with E-state index in [-0.39, 0.29) is 18.2 Å². The molecule has 0 radical (unpaired) electrons. The minimum atomic E-state index is -0.717. The molecular formula is C15H19FN2O4. The van der Waals surface area contributed by atoms with Gasteiger partial charge in [-0.1, -0.05) is 13.8 Å². The van der Waals surface area contributed by atoms with Crippen molar-refractivity contribution in [1.29, 1.82) is 0 Å². The molecule has 7 heteroatoms. The van der Waals surface area contributed by atoms with Crippen LogP contribution in [0.3, 0.4) is 0 Å². The third-order valence-corrected chi connectivity index (χ3v) is 2.93. The van der Waals surface area contributed by atoms with Crippen molar-refractivity contribution in [1.82, 2.24) is 5.32 Å². The highest BCUT2D eigenvalue weighted by atomic mass is 19.1. The second kappa shape index (κ2) is 8.23. The molecule has 0 saturated heterocycles. The number of nitrogens with zero attached hydrogens (tertiary/aromatic N) is 1. The Morgan fingerprint density at radius 1 is 1.50 bits per heavy atom. The Hall–Kier alpha value is -2.28. The summed E-state index contributed by atoms with van der Waals surface area (Å²) in [6.45, 7) is 3.74. The fraction of sp³-hybridized carbons (Fsp3) is 0.400. The SMILES string of the molecule is CC(C)CC(CO)NC(=O)/C=C/c1ccc(F)cc1[N+](=O)[O-]. The van der Waals surface area contributed by atoms with E-state index in [2.05, 4.69) is 5.32 Å². The standard InChI is InChI=1S/C15H19FN2O4/c1-10(2)7-13(9-19)17-15(20)6-4-11-3-5-12(16)8-14(11)18(21)22/h3-6,8,10,13,19H,7,9H2,1-2H3,(H,17,20)/b6-4+. The lowest BCUT2D eigenvalue weighted by Gasteiger charge is -2.17. The summed E-state index contributed by atoms with van der Waals surface area (Å²) in [5.41, 5.74) is -0.282. The molecule has 0 heterocycles. The number of carbonyl (C=O) groups excluding carboxylic acids is 1. The van der Waals surface area contributed by atoms with Gasteiger partial charge in [0, 0.05) is 6.08 Å². The number of carbonyl (C=O) groups is 1. The Balaban J connectivity index is 2.79. The van der Waals surface area contributed by atoms with Crippen LogP contribution >= 0.6 is 0 Å². The van der Waals surface area contributed by atoms with E-state index in [4.69, 9.17) is 0 Å². The fourth-order valence-corrected chi connectivity index (χ4v) is 1.98. The molecule has 2 N–H and O–H groups in total. The highest BCUT2D eigenvalue weighted by Crippen LogP contribution is 2.21. The van der Waals surface area contributed by atoms with Gasteiger partial charge in [0.25, 0.3) is 5.69 Å². The van der Waals surface area contributed by atoms with Crippen LogP contribution in [0.1, 0.15) is 25.8 Å². The van der Waals surface area contributed by atoms with Crippen molar-refractivity contribution in [2.75, 3.05) is 6.61 Å². The highest BCUT2D eigenvalue weighted by Gasteiger charge is 2.14. The molecule has 1 rings (SSSR count). The van der Waals surface area contributed by atoms with E-state index in [1.807, 2.05) is 13.8 Å². The molecule has 0 bridgehead atoms. The first-order valence-electron chi connectivity index (χ1n) is 6.86. The van der Waals surface area contributed by atoms with Crippen LogP contribution in [-0.4, -0.2) is 28.6 Å². The van der Waals surface area contributed by atoms with E-state index in [0.717, 1.165) is 18.2 Å². The largest absolute Gasteiger partial charge is 0.394 e. The van der Waals surface area contributed by atoms with Gasteiger partial charge < -0.3 is 10.4 Å². The van der Waals surface area contributed by atoms with Crippen molar-refractivity contribution >= 4 is 17.7 Å². The summed E-state index contributed by atoms with van der Waals surface area (Å²) in [5, 5.41) is 22.6. The van der Waals surface area contributed by atoms with Gasteiger partial charge in [0.05, 0.1) is 29.2 Å². The Labute approximate surface area is 127 Å². The number of nitrogens with one attached hydrogen (secondary N) is 1. The molecule has 1 unspecified atom stereocenters. The van der Waals surface area contributed by atoms with E-state index < -0.39 is 22.3 Å². The molecule has 0 aliphatic rings. The quantitative estimate of drug-likeness (QED) is 0.459. The Morgan fingerprint density at radius 3 is 2.73 bits per heavy atom. The summed E-state index contributed by atoms with van der Waals surface area (Å²) in [6, 6.07) is 2.74. The molecule has 120 valence electrons. The third-order valence-electron chi connectivity index (χ3n) is 2.93. The Kier molecular flexibility index (Phi) is 6.65. The minimum Gasteiger partial charge on any atom is -0.394 e. The molecule has 0 aliphatic heterocycles. The van der Waals surface area contributed by atoms with Gasteiger partial charge in [-0.2, -0.15) is 0 Å². The maximum absolute atomic E-state index is 13.0.